The van der Waals surface area contributed by atoms with Crippen LogP contribution in [0.1, 0.15) is 38.8 Å². The predicted octanol–water partition coefficient (Wildman–Crippen LogP) is 2.14. The number of aliphatic carboxylic acids is 1. The molecule has 3 atom stereocenters. The molecule has 0 aromatic heterocycles. The Hall–Kier alpha value is -4.08. The number of hydrogen-bond donors (Lipinski definition) is 5. The molecule has 5 N–H and O–H groups in total. The fourth-order valence-electron chi connectivity index (χ4n) is 3.23. The zero-order valence-corrected chi connectivity index (χ0v) is 20.8. The number of phenolic OH excluding ortho intramolecular Hbond substituents is 1. The summed E-state index contributed by atoms with van der Waals surface area (Å²) in [5, 5.41) is 26.3. The van der Waals surface area contributed by atoms with Gasteiger partial charge in [0.25, 0.3) is 0 Å². The second kappa shape index (κ2) is 12.6. The average Bonchev–Trinajstić information content (AvgIpc) is 2.78. The van der Waals surface area contributed by atoms with Gasteiger partial charge in [0.1, 0.15) is 29.5 Å². The number of carboxylic acids is 1. The van der Waals surface area contributed by atoms with E-state index < -0.39 is 47.6 Å². The van der Waals surface area contributed by atoms with E-state index in [4.69, 9.17) is 9.84 Å². The monoisotopic (exact) mass is 499 g/mol. The van der Waals surface area contributed by atoms with Gasteiger partial charge in [0, 0.05) is 12.8 Å². The van der Waals surface area contributed by atoms with Crippen LogP contribution < -0.4 is 16.0 Å². The molecule has 10 nitrogen and oxygen atoms in total. The summed E-state index contributed by atoms with van der Waals surface area (Å²) in [6, 6.07) is 11.7. The van der Waals surface area contributed by atoms with Crippen LogP contribution in [-0.4, -0.2) is 57.8 Å². The third-order valence-electron chi connectivity index (χ3n) is 5.03. The first-order chi connectivity index (χ1) is 16.8. The van der Waals surface area contributed by atoms with Crippen molar-refractivity contribution in [3.05, 3.63) is 65.7 Å². The summed E-state index contributed by atoms with van der Waals surface area (Å²) in [4.78, 5) is 49.9. The number of hydrogen-bond acceptors (Lipinski definition) is 6. The van der Waals surface area contributed by atoms with Crippen molar-refractivity contribution in [3.63, 3.8) is 0 Å². The lowest BCUT2D eigenvalue weighted by Gasteiger charge is -2.26. The summed E-state index contributed by atoms with van der Waals surface area (Å²) < 4.78 is 5.29. The number of alkyl carbamates (subject to hydrolysis) is 1. The van der Waals surface area contributed by atoms with Crippen molar-refractivity contribution in [3.8, 4) is 5.75 Å². The minimum atomic E-state index is -1.22. The van der Waals surface area contributed by atoms with E-state index in [9.17, 15) is 24.3 Å². The maximum atomic E-state index is 13.3. The highest BCUT2D eigenvalue weighted by Gasteiger charge is 2.30. The Bertz CT molecular complexity index is 1050. The molecule has 0 aliphatic carbocycles. The molecule has 3 amide bonds. The van der Waals surface area contributed by atoms with Crippen molar-refractivity contribution >= 4 is 23.9 Å². The minimum absolute atomic E-state index is 0.0481. The van der Waals surface area contributed by atoms with Crippen LogP contribution in [0.25, 0.3) is 0 Å². The first-order valence-corrected chi connectivity index (χ1v) is 11.5. The number of carbonyl (C=O) groups is 4. The number of rotatable bonds is 10. The van der Waals surface area contributed by atoms with E-state index in [0.29, 0.717) is 5.56 Å². The molecule has 10 heteroatoms. The SMILES string of the molecule is C[C@H](NC(=O)[C@H](Cc1ccccc1)NC(=O)[C@@H](Cc1ccc(O)cc1)NC(=O)OC(C)(C)C)C(=O)O. The summed E-state index contributed by atoms with van der Waals surface area (Å²) in [6.07, 6.45) is -0.662. The zero-order valence-electron chi connectivity index (χ0n) is 20.8. The lowest BCUT2D eigenvalue weighted by Crippen LogP contribution is -2.56. The molecule has 0 saturated carbocycles. The van der Waals surface area contributed by atoms with Gasteiger partial charge in [-0.05, 0) is 51.0 Å². The molecule has 0 radical (unpaired) electrons. The molecule has 36 heavy (non-hydrogen) atoms. The molecule has 0 heterocycles. The largest absolute Gasteiger partial charge is 0.508 e. The molecular weight excluding hydrogens is 466 g/mol. The van der Waals surface area contributed by atoms with Gasteiger partial charge in [-0.3, -0.25) is 14.4 Å². The van der Waals surface area contributed by atoms with E-state index in [1.165, 1.54) is 19.1 Å². The van der Waals surface area contributed by atoms with E-state index in [-0.39, 0.29) is 18.6 Å². The van der Waals surface area contributed by atoms with Crippen LogP contribution in [0.15, 0.2) is 54.6 Å². The first-order valence-electron chi connectivity index (χ1n) is 11.5. The van der Waals surface area contributed by atoms with Gasteiger partial charge in [0.15, 0.2) is 0 Å². The zero-order chi connectivity index (χ0) is 26.9. The van der Waals surface area contributed by atoms with Crippen LogP contribution in [0, 0.1) is 0 Å². The highest BCUT2D eigenvalue weighted by atomic mass is 16.6. The Balaban J connectivity index is 2.27. The molecule has 2 aromatic carbocycles. The second-order valence-electron chi connectivity index (χ2n) is 9.39. The van der Waals surface area contributed by atoms with Gasteiger partial charge in [-0.25, -0.2) is 4.79 Å². The maximum Gasteiger partial charge on any atom is 0.408 e. The maximum absolute atomic E-state index is 13.3. The van der Waals surface area contributed by atoms with E-state index in [1.807, 2.05) is 6.07 Å². The smallest absolute Gasteiger partial charge is 0.408 e. The van der Waals surface area contributed by atoms with Crippen molar-refractivity contribution < 1.29 is 34.1 Å². The number of benzene rings is 2. The van der Waals surface area contributed by atoms with Crippen molar-refractivity contribution in [2.45, 2.75) is 64.3 Å². The summed E-state index contributed by atoms with van der Waals surface area (Å²) in [5.74, 6) is -2.51. The topological polar surface area (TPSA) is 154 Å². The number of ether oxygens (including phenoxy) is 1. The van der Waals surface area contributed by atoms with Crippen LogP contribution in [0.3, 0.4) is 0 Å². The normalized spacial score (nSPS) is 13.6. The fourth-order valence-corrected chi connectivity index (χ4v) is 3.23. The number of phenols is 1. The third-order valence-corrected chi connectivity index (χ3v) is 5.03. The summed E-state index contributed by atoms with van der Waals surface area (Å²) in [6.45, 7) is 6.38. The van der Waals surface area contributed by atoms with Crippen molar-refractivity contribution in [2.75, 3.05) is 0 Å². The average molecular weight is 500 g/mol. The molecular formula is C26H33N3O7. The van der Waals surface area contributed by atoms with E-state index >= 15 is 0 Å². The molecule has 0 saturated heterocycles. The lowest BCUT2D eigenvalue weighted by atomic mass is 10.0. The van der Waals surface area contributed by atoms with Gasteiger partial charge in [0.05, 0.1) is 0 Å². The molecule has 0 bridgehead atoms. The van der Waals surface area contributed by atoms with Crippen molar-refractivity contribution in [2.24, 2.45) is 0 Å². The van der Waals surface area contributed by atoms with Gasteiger partial charge in [0.2, 0.25) is 11.8 Å². The van der Waals surface area contributed by atoms with E-state index in [0.717, 1.165) is 5.56 Å². The Morgan fingerprint density at radius 3 is 1.83 bits per heavy atom. The number of nitrogens with one attached hydrogen (secondary N) is 3. The summed E-state index contributed by atoms with van der Waals surface area (Å²) in [7, 11) is 0. The molecule has 194 valence electrons. The molecule has 0 aliphatic rings. The number of aromatic hydroxyl groups is 1. The Morgan fingerprint density at radius 1 is 0.806 bits per heavy atom. The van der Waals surface area contributed by atoms with Gasteiger partial charge in [-0.15, -0.1) is 0 Å². The van der Waals surface area contributed by atoms with Crippen molar-refractivity contribution in [1.82, 2.24) is 16.0 Å². The van der Waals surface area contributed by atoms with Crippen LogP contribution in [0.2, 0.25) is 0 Å². The van der Waals surface area contributed by atoms with Crippen LogP contribution in [0.5, 0.6) is 5.75 Å². The number of amides is 3. The molecule has 0 fully saturated rings. The number of carbonyl (C=O) groups excluding carboxylic acids is 3. The molecule has 0 spiro atoms. The Labute approximate surface area is 210 Å². The van der Waals surface area contributed by atoms with Gasteiger partial charge in [-0.2, -0.15) is 0 Å². The first kappa shape index (κ1) is 28.2. The van der Waals surface area contributed by atoms with Gasteiger partial charge in [-0.1, -0.05) is 42.5 Å². The summed E-state index contributed by atoms with van der Waals surface area (Å²) in [5.41, 5.74) is 0.593. The van der Waals surface area contributed by atoms with Crippen molar-refractivity contribution in [1.29, 1.82) is 0 Å². The molecule has 2 rings (SSSR count). The quantitative estimate of drug-likeness (QED) is 0.336. The third kappa shape index (κ3) is 9.65. The Morgan fingerprint density at radius 2 is 1.31 bits per heavy atom. The summed E-state index contributed by atoms with van der Waals surface area (Å²) >= 11 is 0. The Kier molecular flexibility index (Phi) is 9.83. The van der Waals surface area contributed by atoms with Gasteiger partial charge < -0.3 is 30.9 Å². The highest BCUT2D eigenvalue weighted by Crippen LogP contribution is 2.13. The minimum Gasteiger partial charge on any atom is -0.508 e. The molecule has 2 aromatic rings. The van der Waals surface area contributed by atoms with Crippen LogP contribution in [0.4, 0.5) is 4.79 Å². The van der Waals surface area contributed by atoms with Crippen LogP contribution >= 0.6 is 0 Å². The highest BCUT2D eigenvalue weighted by molar-refractivity contribution is 5.93. The standard InChI is InChI=1S/C26H33N3O7/c1-16(24(33)34)27-22(31)20(14-17-8-6-5-7-9-17)28-23(32)21(29-25(35)36-26(2,3)4)15-18-10-12-19(30)13-11-18/h5-13,16,20-21,30H,14-15H2,1-4H3,(H,27,31)(H,28,32)(H,29,35)(H,33,34)/t16-,20-,21+/m0/s1. The fraction of sp³-hybridized carbons (Fsp3) is 0.385. The number of carboxylic acid groups (broad SMARTS) is 1. The van der Waals surface area contributed by atoms with E-state index in [2.05, 4.69) is 16.0 Å². The molecule has 0 unspecified atom stereocenters. The second-order valence-corrected chi connectivity index (χ2v) is 9.39. The van der Waals surface area contributed by atoms with Crippen LogP contribution in [-0.2, 0) is 32.0 Å². The van der Waals surface area contributed by atoms with E-state index in [1.54, 1.807) is 57.2 Å². The predicted molar refractivity (Wildman–Crippen MR) is 132 cm³/mol. The van der Waals surface area contributed by atoms with Gasteiger partial charge >= 0.3 is 12.1 Å². The molecule has 0 aliphatic heterocycles. The lowest BCUT2D eigenvalue weighted by molar-refractivity contribution is -0.141.